The zero-order valence-corrected chi connectivity index (χ0v) is 13.6. The first-order valence-corrected chi connectivity index (χ1v) is 8.82. The van der Waals surface area contributed by atoms with Crippen LogP contribution in [0.2, 0.25) is 0 Å². The molecule has 0 aliphatic carbocycles. The summed E-state index contributed by atoms with van der Waals surface area (Å²) in [5, 5.41) is 11.5. The Kier molecular flexibility index (Phi) is 7.57. The van der Waals surface area contributed by atoms with Gasteiger partial charge >= 0.3 is 29.6 Å². The number of aromatic hydroxyl groups is 1. The normalized spacial score (nSPS) is 11.3. The van der Waals surface area contributed by atoms with Gasteiger partial charge in [-0.1, -0.05) is 12.1 Å². The maximum atomic E-state index is 11.5. The average molecular weight is 403 g/mol. The van der Waals surface area contributed by atoms with Gasteiger partial charge in [0.05, 0.1) is 5.69 Å². The topological polar surface area (TPSA) is 190 Å². The van der Waals surface area contributed by atoms with E-state index in [0.717, 1.165) is 13.0 Å². The fourth-order valence-electron chi connectivity index (χ4n) is 2.12. The number of carbonyl (C=O) groups is 1. The molecule has 134 valence electrons. The van der Waals surface area contributed by atoms with E-state index < -0.39 is 47.4 Å². The Balaban J connectivity index is 0.00000288. The number of phenols is 1. The molecule has 0 aliphatic heterocycles. The van der Waals surface area contributed by atoms with Crippen molar-refractivity contribution in [3.05, 3.63) is 24.3 Å². The summed E-state index contributed by atoms with van der Waals surface area (Å²) in [5.41, 5.74) is -0.500. The summed E-state index contributed by atoms with van der Waals surface area (Å²) in [5.74, 6) is -1.28. The van der Waals surface area contributed by atoms with Gasteiger partial charge in [-0.25, -0.2) is 0 Å². The molecule has 6 N–H and O–H groups in total. The quantitative estimate of drug-likeness (QED) is 0.390. The third-order valence-corrected chi connectivity index (χ3v) is 4.69. The van der Waals surface area contributed by atoms with Crippen molar-refractivity contribution in [2.75, 3.05) is 5.32 Å². The van der Waals surface area contributed by atoms with Gasteiger partial charge in [0.25, 0.3) is 20.2 Å². The summed E-state index contributed by atoms with van der Waals surface area (Å²) in [4.78, 5) is 9.47. The molecule has 0 radical (unpaired) electrons. The molecular formula is C12H14NNaO9S2. The van der Waals surface area contributed by atoms with Crippen LogP contribution < -0.4 is 5.32 Å². The standard InChI is InChI=1S/C12H11NO8S2.Na.H2O.H/c1-6(14)13-12-10(23(19,20)21)5-9(22(16,17)18)7-3-2-4-8(15)11(7)12;;;/h2-5,15H,1H3,(H,13,14)(H,16,17,18)(H,19,20,21);;1H2;. The minimum absolute atomic E-state index is 0. The van der Waals surface area contributed by atoms with Crippen molar-refractivity contribution in [1.29, 1.82) is 0 Å². The van der Waals surface area contributed by atoms with Crippen molar-refractivity contribution >= 4 is 72.2 Å². The molecule has 1 amide bonds. The summed E-state index contributed by atoms with van der Waals surface area (Å²) in [6, 6.07) is 4.07. The molecule has 0 heterocycles. The Morgan fingerprint density at radius 3 is 2.00 bits per heavy atom. The van der Waals surface area contributed by atoms with E-state index in [1.54, 1.807) is 0 Å². The van der Waals surface area contributed by atoms with Gasteiger partial charge in [0.2, 0.25) is 5.91 Å². The monoisotopic (exact) mass is 403 g/mol. The van der Waals surface area contributed by atoms with Crippen LogP contribution in [0.4, 0.5) is 5.69 Å². The van der Waals surface area contributed by atoms with Crippen LogP contribution in [0.1, 0.15) is 6.92 Å². The van der Waals surface area contributed by atoms with Gasteiger partial charge in [-0.3, -0.25) is 13.9 Å². The van der Waals surface area contributed by atoms with Gasteiger partial charge in [0.1, 0.15) is 15.5 Å². The molecule has 0 aliphatic rings. The van der Waals surface area contributed by atoms with Gasteiger partial charge in [-0.15, -0.1) is 0 Å². The molecular weight excluding hydrogens is 389 g/mol. The van der Waals surface area contributed by atoms with Gasteiger partial charge in [0, 0.05) is 17.7 Å². The number of amides is 1. The first-order valence-electron chi connectivity index (χ1n) is 5.94. The Morgan fingerprint density at radius 1 is 1.04 bits per heavy atom. The molecule has 0 bridgehead atoms. The molecule has 0 atom stereocenters. The molecule has 10 nitrogen and oxygen atoms in total. The van der Waals surface area contributed by atoms with Crippen LogP contribution in [-0.4, -0.2) is 72.0 Å². The Bertz CT molecular complexity index is 1030. The van der Waals surface area contributed by atoms with E-state index in [2.05, 4.69) is 5.32 Å². The molecule has 2 aromatic carbocycles. The van der Waals surface area contributed by atoms with Gasteiger partial charge in [-0.05, 0) is 12.1 Å². The summed E-state index contributed by atoms with van der Waals surface area (Å²) >= 11 is 0. The third-order valence-electron chi connectivity index (χ3n) is 2.92. The summed E-state index contributed by atoms with van der Waals surface area (Å²) in [7, 11) is -9.85. The second-order valence-corrected chi connectivity index (χ2v) is 7.36. The van der Waals surface area contributed by atoms with Crippen LogP contribution in [0.3, 0.4) is 0 Å². The van der Waals surface area contributed by atoms with Gasteiger partial charge < -0.3 is 15.9 Å². The number of hydrogen-bond donors (Lipinski definition) is 4. The van der Waals surface area contributed by atoms with Gasteiger partial charge in [-0.2, -0.15) is 16.8 Å². The molecule has 2 rings (SSSR count). The fourth-order valence-corrected chi connectivity index (χ4v) is 3.58. The Hall–Kier alpha value is -1.25. The van der Waals surface area contributed by atoms with Crippen LogP contribution in [-0.2, 0) is 25.0 Å². The SMILES string of the molecule is CC(=O)Nc1c(S(=O)(=O)O)cc(S(=O)(=O)O)c2cccc(O)c12.O.[NaH]. The molecule has 0 unspecified atom stereocenters. The number of phenolic OH excluding ortho intramolecular Hbond substituents is 1. The van der Waals surface area contributed by atoms with Gasteiger partial charge in [0.15, 0.2) is 0 Å². The maximum absolute atomic E-state index is 11.5. The molecule has 0 saturated heterocycles. The van der Waals surface area contributed by atoms with E-state index >= 15 is 0 Å². The van der Waals surface area contributed by atoms with Crippen molar-refractivity contribution in [3.8, 4) is 5.75 Å². The van der Waals surface area contributed by atoms with E-state index in [4.69, 9.17) is 0 Å². The van der Waals surface area contributed by atoms with Crippen molar-refractivity contribution in [1.82, 2.24) is 0 Å². The number of fused-ring (bicyclic) bond motifs is 1. The van der Waals surface area contributed by atoms with Crippen LogP contribution in [0.5, 0.6) is 5.75 Å². The molecule has 0 saturated carbocycles. The van der Waals surface area contributed by atoms with Crippen molar-refractivity contribution in [2.45, 2.75) is 16.7 Å². The zero-order chi connectivity index (χ0) is 17.6. The van der Waals surface area contributed by atoms with Crippen molar-refractivity contribution in [3.63, 3.8) is 0 Å². The fraction of sp³-hybridized carbons (Fsp3) is 0.0833. The van der Waals surface area contributed by atoms with E-state index in [0.29, 0.717) is 6.07 Å². The average Bonchev–Trinajstić information content (AvgIpc) is 2.35. The minimum atomic E-state index is -4.97. The van der Waals surface area contributed by atoms with Crippen LogP contribution >= 0.6 is 0 Å². The second-order valence-electron chi connectivity index (χ2n) is 4.58. The number of anilines is 1. The molecule has 2 aromatic rings. The molecule has 0 fully saturated rings. The molecule has 25 heavy (non-hydrogen) atoms. The van der Waals surface area contributed by atoms with Crippen LogP contribution in [0.15, 0.2) is 34.1 Å². The second kappa shape index (κ2) is 7.97. The number of benzene rings is 2. The predicted molar refractivity (Wildman–Crippen MR) is 90.3 cm³/mol. The number of hydrogen-bond acceptors (Lipinski definition) is 6. The Labute approximate surface area is 164 Å². The zero-order valence-electron chi connectivity index (χ0n) is 12.0. The van der Waals surface area contributed by atoms with E-state index in [9.17, 15) is 35.8 Å². The number of carbonyl (C=O) groups excluding carboxylic acids is 1. The Morgan fingerprint density at radius 2 is 1.56 bits per heavy atom. The molecule has 0 spiro atoms. The van der Waals surface area contributed by atoms with Crippen molar-refractivity contribution in [2.24, 2.45) is 0 Å². The summed E-state index contributed by atoms with van der Waals surface area (Å²) < 4.78 is 64.5. The summed E-state index contributed by atoms with van der Waals surface area (Å²) in [6.07, 6.45) is 0. The van der Waals surface area contributed by atoms with Crippen molar-refractivity contribution < 1.29 is 41.3 Å². The molecule has 13 heteroatoms. The first-order chi connectivity index (χ1) is 10.4. The summed E-state index contributed by atoms with van der Waals surface area (Å²) in [6.45, 7) is 1.05. The number of nitrogens with one attached hydrogen (secondary N) is 1. The van der Waals surface area contributed by atoms with E-state index in [1.165, 1.54) is 12.1 Å². The number of rotatable bonds is 3. The first kappa shape index (κ1) is 23.8. The van der Waals surface area contributed by atoms with E-state index in [-0.39, 0.29) is 45.8 Å². The van der Waals surface area contributed by atoms with E-state index in [1.807, 2.05) is 0 Å². The predicted octanol–water partition coefficient (Wildman–Crippen LogP) is -0.476. The van der Waals surface area contributed by atoms with Crippen LogP contribution in [0, 0.1) is 0 Å². The molecule has 0 aromatic heterocycles. The van der Waals surface area contributed by atoms with Crippen LogP contribution in [0.25, 0.3) is 10.8 Å². The third kappa shape index (κ3) is 4.89.